The van der Waals surface area contributed by atoms with Crippen molar-refractivity contribution < 1.29 is 75.8 Å². The molecule has 0 aromatic carbocycles. The van der Waals surface area contributed by atoms with Crippen molar-refractivity contribution in [2.45, 2.75) is 201 Å². The number of ether oxygens (including phenoxy) is 3. The Kier molecular flexibility index (Phi) is 28.6. The van der Waals surface area contributed by atoms with E-state index < -0.39 is 119 Å². The Morgan fingerprint density at radius 1 is 0.318 bits per heavy atom. The summed E-state index contributed by atoms with van der Waals surface area (Å²) >= 11 is 0. The van der Waals surface area contributed by atoms with Crippen LogP contribution >= 0.6 is 0 Å². The lowest BCUT2D eigenvalue weighted by atomic mass is 10.4. The molecule has 66 heavy (non-hydrogen) atoms. The third-order valence-electron chi connectivity index (χ3n) is 8.94. The van der Waals surface area contributed by atoms with Crippen LogP contribution in [0.3, 0.4) is 0 Å². The lowest BCUT2D eigenvalue weighted by Crippen LogP contribution is -2.62. The van der Waals surface area contributed by atoms with Crippen molar-refractivity contribution in [2.75, 3.05) is 46.2 Å². The van der Waals surface area contributed by atoms with Gasteiger partial charge in [-0.15, -0.1) is 0 Å². The summed E-state index contributed by atoms with van der Waals surface area (Å²) in [4.78, 5) is 0. The van der Waals surface area contributed by atoms with E-state index in [0.717, 1.165) is 24.9 Å². The molecule has 0 aliphatic rings. The summed E-state index contributed by atoms with van der Waals surface area (Å²) in [7, 11) is -28.2. The van der Waals surface area contributed by atoms with Crippen LogP contribution in [-0.2, 0) is 55.4 Å². The summed E-state index contributed by atoms with van der Waals surface area (Å²) in [5.74, 6) is 0. The molecule has 0 radical (unpaired) electrons. The first-order chi connectivity index (χ1) is 29.4. The van der Waals surface area contributed by atoms with Gasteiger partial charge >= 0.3 is 77.0 Å². The fourth-order valence-electron chi connectivity index (χ4n) is 8.61. The van der Waals surface area contributed by atoms with Crippen LogP contribution in [0.15, 0.2) is 0 Å². The smallest absolute Gasteiger partial charge is 0.314 e. The monoisotopic (exact) mass is 1140 g/mol. The summed E-state index contributed by atoms with van der Waals surface area (Å²) in [5.41, 5.74) is 0. The van der Waals surface area contributed by atoms with Crippen molar-refractivity contribution >= 4 is 93.7 Å². The van der Waals surface area contributed by atoms with Crippen molar-refractivity contribution in [1.82, 2.24) is 0 Å². The summed E-state index contributed by atoms with van der Waals surface area (Å²) in [6.07, 6.45) is 0.354. The Morgan fingerprint density at radius 3 is 0.803 bits per heavy atom. The van der Waals surface area contributed by atoms with Gasteiger partial charge in [-0.25, -0.2) is 0 Å². The molecule has 0 aliphatic carbocycles. The van der Waals surface area contributed by atoms with E-state index in [9.17, 15) is 15.3 Å². The molecular weight excluding hydrogens is 1040 g/mol. The molecule has 3 unspecified atom stereocenters. The van der Waals surface area contributed by atoms with E-state index in [1.165, 1.54) is 6.42 Å². The van der Waals surface area contributed by atoms with Crippen molar-refractivity contribution in [3.63, 3.8) is 0 Å². The fraction of sp³-hybridized carbons (Fsp3) is 1.00. The van der Waals surface area contributed by atoms with Crippen LogP contribution in [0.2, 0.25) is 156 Å². The predicted molar refractivity (Wildman–Crippen MR) is 290 cm³/mol. The number of unbranched alkanes of at least 4 members (excludes halogenated alkanes) is 1. The molecule has 28 heteroatoms. The number of rotatable bonds is 38. The van der Waals surface area contributed by atoms with Gasteiger partial charge in [0.2, 0.25) is 0 Å². The molecule has 0 aromatic rings. The molecule has 0 saturated heterocycles. The highest BCUT2D eigenvalue weighted by Gasteiger charge is 2.51. The first-order valence-corrected chi connectivity index (χ1v) is 55.3. The van der Waals surface area contributed by atoms with Gasteiger partial charge in [-0.2, -0.15) is 0 Å². The zero-order chi connectivity index (χ0) is 51.9. The Hall–Kier alpha value is 1.71. The molecule has 0 heterocycles. The third-order valence-corrected chi connectivity index (χ3v) is 51.9. The second kappa shape index (κ2) is 27.8. The summed E-state index contributed by atoms with van der Waals surface area (Å²) in [6, 6.07) is 1.97. The summed E-state index contributed by atoms with van der Waals surface area (Å²) < 4.78 is 84.3. The average Bonchev–Trinajstić information content (AvgIpc) is 3.01. The molecule has 0 rings (SSSR count). The fourth-order valence-corrected chi connectivity index (χ4v) is 65.0. The zero-order valence-corrected chi connectivity index (χ0v) is 56.8. The largest absolute Gasteiger partial charge is 0.436 e. The minimum absolute atomic E-state index is 0.00218. The maximum atomic E-state index is 10.2. The number of aliphatic hydroxyl groups is 4. The molecule has 0 aromatic heterocycles. The molecule has 0 aliphatic heterocycles. The minimum Gasteiger partial charge on any atom is -0.436 e. The van der Waals surface area contributed by atoms with Gasteiger partial charge < -0.3 is 75.8 Å². The Morgan fingerprint density at radius 2 is 0.545 bits per heavy atom. The van der Waals surface area contributed by atoms with Gasteiger partial charge in [-0.05, 0) is 163 Å². The topological polar surface area (TPSA) is 201 Å². The van der Waals surface area contributed by atoms with E-state index in [4.69, 9.17) is 60.5 Å². The maximum absolute atomic E-state index is 10.2. The lowest BCUT2D eigenvalue weighted by molar-refractivity contribution is -0.0674. The zero-order valence-electron chi connectivity index (χ0n) is 45.8. The summed E-state index contributed by atoms with van der Waals surface area (Å²) in [5, 5.41) is 38.3. The predicted octanol–water partition coefficient (Wildman–Crippen LogP) is 8.19. The second-order valence-electron chi connectivity index (χ2n) is 22.6. The van der Waals surface area contributed by atoms with Crippen LogP contribution in [0, 0.1) is 0 Å². The molecule has 0 amide bonds. The molecule has 398 valence electrons. The second-order valence-corrected chi connectivity index (χ2v) is 64.0. The molecule has 4 N–H and O–H groups in total. The molecular formula is C38H100O17Si11. The third kappa shape index (κ3) is 34.2. The van der Waals surface area contributed by atoms with Crippen LogP contribution in [0.4, 0.5) is 0 Å². The minimum atomic E-state index is -2.78. The maximum Gasteiger partial charge on any atom is 0.314 e. The van der Waals surface area contributed by atoms with E-state index in [-0.39, 0.29) is 33.0 Å². The standard InChI is InChI=1S/C38H100O17Si11/c1-24-25-28-56(2,3)46-58(6,7)48-60(10,11)50-62(14,15)52-64(18,19)54-66(22,23)55-65(20,21)53-63(16,17)51-61(12,13)49-59(8,9)47-57(4,5)29-26-27-43-32-37(41)33-45-35-38(42)34-44-31-36(40)30-39/h36-42H,24-35H2,1-23H3. The quantitative estimate of drug-likeness (QED) is 0.0340. The number of aliphatic hydroxyl groups excluding tert-OH is 4. The van der Waals surface area contributed by atoms with Gasteiger partial charge in [-0.3, -0.25) is 0 Å². The van der Waals surface area contributed by atoms with Gasteiger partial charge in [0.1, 0.15) is 18.3 Å². The molecule has 0 fully saturated rings. The Bertz CT molecular complexity index is 1380. The number of hydrogen-bond acceptors (Lipinski definition) is 17. The SMILES string of the molecule is CCCC[Si](C)(C)O[Si](C)(C)O[Si](C)(C)O[Si](C)(C)O[Si](C)(C)O[Si](C)(C)O[Si](C)(C)O[Si](C)(C)O[Si](C)(C)O[Si](C)(C)O[Si](C)(C)CCCOCC(O)COCC(O)COCC(O)CO. The molecule has 17 nitrogen and oxygen atoms in total. The van der Waals surface area contributed by atoms with Crippen LogP contribution in [0.25, 0.3) is 0 Å². The van der Waals surface area contributed by atoms with Gasteiger partial charge in [-0.1, -0.05) is 19.8 Å². The Labute approximate surface area is 414 Å². The number of hydrogen-bond donors (Lipinski definition) is 4. The van der Waals surface area contributed by atoms with Gasteiger partial charge in [0.15, 0.2) is 16.6 Å². The molecule has 0 saturated carbocycles. The Balaban J connectivity index is 5.18. The normalized spacial score (nSPS) is 16.2. The lowest BCUT2D eigenvalue weighted by Gasteiger charge is -2.45. The molecule has 3 atom stereocenters. The van der Waals surface area contributed by atoms with Crippen LogP contribution in [-0.4, -0.2) is 179 Å². The first-order valence-electron chi connectivity index (χ1n) is 23.8. The van der Waals surface area contributed by atoms with Crippen LogP contribution < -0.4 is 0 Å². The first kappa shape index (κ1) is 67.7. The van der Waals surface area contributed by atoms with Crippen molar-refractivity contribution in [1.29, 1.82) is 0 Å². The van der Waals surface area contributed by atoms with Crippen molar-refractivity contribution in [3.8, 4) is 0 Å². The van der Waals surface area contributed by atoms with Crippen molar-refractivity contribution in [3.05, 3.63) is 0 Å². The van der Waals surface area contributed by atoms with Gasteiger partial charge in [0.05, 0.1) is 39.6 Å². The highest BCUT2D eigenvalue weighted by atomic mass is 28.5. The van der Waals surface area contributed by atoms with Gasteiger partial charge in [0, 0.05) is 6.61 Å². The molecule has 0 bridgehead atoms. The summed E-state index contributed by atoms with van der Waals surface area (Å²) in [6.45, 7) is 48.5. The van der Waals surface area contributed by atoms with E-state index in [2.05, 4.69) is 138 Å². The van der Waals surface area contributed by atoms with E-state index in [0.29, 0.717) is 6.61 Å². The van der Waals surface area contributed by atoms with E-state index >= 15 is 0 Å². The van der Waals surface area contributed by atoms with Crippen molar-refractivity contribution in [2.24, 2.45) is 0 Å². The molecule has 0 spiro atoms. The highest BCUT2D eigenvalue weighted by molar-refractivity contribution is 6.93. The van der Waals surface area contributed by atoms with Crippen LogP contribution in [0.1, 0.15) is 26.2 Å². The van der Waals surface area contributed by atoms with E-state index in [1.807, 2.05) is 13.1 Å². The van der Waals surface area contributed by atoms with Crippen LogP contribution in [0.5, 0.6) is 0 Å². The average molecular weight is 1140 g/mol. The van der Waals surface area contributed by atoms with E-state index in [1.54, 1.807) is 0 Å². The van der Waals surface area contributed by atoms with Gasteiger partial charge in [0.25, 0.3) is 0 Å². The highest BCUT2D eigenvalue weighted by Crippen LogP contribution is 2.32.